The molecule has 0 saturated heterocycles. The van der Waals surface area contributed by atoms with Crippen LogP contribution in [0, 0.1) is 5.92 Å². The average Bonchev–Trinajstić information content (AvgIpc) is 2.28. The Morgan fingerprint density at radius 3 is 2.83 bits per heavy atom. The molecule has 1 N–H and O–H groups in total. The lowest BCUT2D eigenvalue weighted by Crippen LogP contribution is -2.13. The molecule has 0 unspecified atom stereocenters. The fourth-order valence-electron chi connectivity index (χ4n) is 1.46. The summed E-state index contributed by atoms with van der Waals surface area (Å²) in [6, 6.07) is 1.89. The lowest BCUT2D eigenvalue weighted by atomic mass is 10.2. The van der Waals surface area contributed by atoms with Crippen LogP contribution in [0.3, 0.4) is 0 Å². The highest BCUT2D eigenvalue weighted by molar-refractivity contribution is 9.10. The van der Waals surface area contributed by atoms with Gasteiger partial charge in [0.1, 0.15) is 16.2 Å². The van der Waals surface area contributed by atoms with Crippen molar-refractivity contribution in [2.75, 3.05) is 25.1 Å². The predicted octanol–water partition coefficient (Wildman–Crippen LogP) is 3.28. The Morgan fingerprint density at radius 2 is 2.17 bits per heavy atom. The second-order valence-corrected chi connectivity index (χ2v) is 5.45. The maximum absolute atomic E-state index is 5.51. The van der Waals surface area contributed by atoms with Crippen LogP contribution in [0.15, 0.2) is 10.7 Å². The molecule has 1 aromatic rings. The van der Waals surface area contributed by atoms with Crippen molar-refractivity contribution in [3.63, 3.8) is 0 Å². The maximum Gasteiger partial charge on any atom is 0.132 e. The van der Waals surface area contributed by atoms with E-state index in [9.17, 15) is 0 Å². The minimum atomic E-state index is 0.578. The van der Waals surface area contributed by atoms with Crippen LogP contribution in [0.25, 0.3) is 0 Å². The number of rotatable bonds is 8. The number of aromatic nitrogens is 2. The molecular formula is C13H22BrN3O. The Labute approximate surface area is 118 Å². The Morgan fingerprint density at radius 1 is 1.39 bits per heavy atom. The minimum absolute atomic E-state index is 0.578. The number of halogens is 1. The molecule has 0 bridgehead atoms. The van der Waals surface area contributed by atoms with Crippen molar-refractivity contribution in [2.45, 2.75) is 33.6 Å². The molecule has 1 rings (SSSR count). The Bertz CT molecular complexity index is 358. The van der Waals surface area contributed by atoms with Gasteiger partial charge in [-0.25, -0.2) is 9.97 Å². The first-order valence-corrected chi connectivity index (χ1v) is 7.26. The summed E-state index contributed by atoms with van der Waals surface area (Å²) < 4.78 is 6.33. The van der Waals surface area contributed by atoms with Gasteiger partial charge in [0.25, 0.3) is 0 Å². The number of nitrogens with one attached hydrogen (secondary N) is 1. The number of ether oxygens (including phenoxy) is 1. The molecule has 5 heteroatoms. The van der Waals surface area contributed by atoms with E-state index in [1.807, 2.05) is 6.07 Å². The lowest BCUT2D eigenvalue weighted by molar-refractivity contribution is 0.118. The predicted molar refractivity (Wildman–Crippen MR) is 77.9 cm³/mol. The van der Waals surface area contributed by atoms with Crippen molar-refractivity contribution in [2.24, 2.45) is 5.92 Å². The van der Waals surface area contributed by atoms with Gasteiger partial charge in [-0.05, 0) is 28.3 Å². The summed E-state index contributed by atoms with van der Waals surface area (Å²) in [6.07, 6.45) is 1.95. The molecule has 0 atom stereocenters. The van der Waals surface area contributed by atoms with Gasteiger partial charge in [0.05, 0.1) is 6.61 Å². The van der Waals surface area contributed by atoms with E-state index in [4.69, 9.17) is 4.74 Å². The third kappa shape index (κ3) is 6.31. The van der Waals surface area contributed by atoms with Gasteiger partial charge in [-0.15, -0.1) is 0 Å². The minimum Gasteiger partial charge on any atom is -0.379 e. The molecule has 0 aromatic carbocycles. The molecule has 1 aromatic heterocycles. The van der Waals surface area contributed by atoms with Crippen LogP contribution in [-0.2, 0) is 11.2 Å². The van der Waals surface area contributed by atoms with Gasteiger partial charge < -0.3 is 10.1 Å². The largest absolute Gasteiger partial charge is 0.379 e. The molecule has 0 amide bonds. The molecule has 0 radical (unpaired) electrons. The highest BCUT2D eigenvalue weighted by Gasteiger charge is 2.02. The van der Waals surface area contributed by atoms with E-state index < -0.39 is 0 Å². The quantitative estimate of drug-likeness (QED) is 0.591. The van der Waals surface area contributed by atoms with Crippen LogP contribution in [0.2, 0.25) is 0 Å². The Balaban J connectivity index is 2.37. The van der Waals surface area contributed by atoms with Crippen LogP contribution < -0.4 is 5.32 Å². The monoisotopic (exact) mass is 315 g/mol. The summed E-state index contributed by atoms with van der Waals surface area (Å²) in [6.45, 7) is 8.68. The van der Waals surface area contributed by atoms with Crippen molar-refractivity contribution in [3.8, 4) is 0 Å². The molecule has 1 heterocycles. The van der Waals surface area contributed by atoms with Gasteiger partial charge >= 0.3 is 0 Å². The van der Waals surface area contributed by atoms with E-state index in [1.54, 1.807) is 0 Å². The van der Waals surface area contributed by atoms with Crippen LogP contribution in [0.1, 0.15) is 33.0 Å². The summed E-state index contributed by atoms with van der Waals surface area (Å²) in [5.74, 6) is 2.31. The number of hydrogen-bond donors (Lipinski definition) is 1. The van der Waals surface area contributed by atoms with Crippen molar-refractivity contribution >= 4 is 21.7 Å². The van der Waals surface area contributed by atoms with Crippen molar-refractivity contribution in [1.82, 2.24) is 9.97 Å². The molecular weight excluding hydrogens is 294 g/mol. The molecule has 0 aliphatic carbocycles. The zero-order valence-electron chi connectivity index (χ0n) is 11.4. The first kappa shape index (κ1) is 15.4. The van der Waals surface area contributed by atoms with Gasteiger partial charge in [-0.1, -0.05) is 20.8 Å². The molecule has 102 valence electrons. The van der Waals surface area contributed by atoms with E-state index >= 15 is 0 Å². The number of anilines is 1. The zero-order valence-corrected chi connectivity index (χ0v) is 13.0. The molecule has 4 nitrogen and oxygen atoms in total. The first-order chi connectivity index (χ1) is 8.61. The van der Waals surface area contributed by atoms with Crippen LogP contribution in [-0.4, -0.2) is 29.7 Å². The normalized spacial score (nSPS) is 10.9. The second-order valence-electron chi connectivity index (χ2n) is 4.64. The number of nitrogens with zero attached hydrogens (tertiary/aromatic N) is 2. The SMILES string of the molecule is CCCc1nc(Br)cc(NCCOCC(C)C)n1. The maximum atomic E-state index is 5.51. The molecule has 0 aliphatic heterocycles. The van der Waals surface area contributed by atoms with E-state index in [1.165, 1.54) is 0 Å². The van der Waals surface area contributed by atoms with Crippen molar-refractivity contribution in [1.29, 1.82) is 0 Å². The fourth-order valence-corrected chi connectivity index (χ4v) is 1.88. The molecule has 0 fully saturated rings. The Hall–Kier alpha value is -0.680. The highest BCUT2D eigenvalue weighted by Crippen LogP contribution is 2.13. The summed E-state index contributed by atoms with van der Waals surface area (Å²) >= 11 is 3.40. The number of aryl methyl sites for hydroxylation is 1. The summed E-state index contributed by atoms with van der Waals surface area (Å²) in [5.41, 5.74) is 0. The third-order valence-corrected chi connectivity index (χ3v) is 2.62. The van der Waals surface area contributed by atoms with Gasteiger partial charge in [0.2, 0.25) is 0 Å². The average molecular weight is 316 g/mol. The second kappa shape index (κ2) is 8.43. The standard InChI is InChI=1S/C13H22BrN3O/c1-4-5-12-16-11(14)8-13(17-12)15-6-7-18-9-10(2)3/h8,10H,4-7,9H2,1-3H3,(H,15,16,17). The van der Waals surface area contributed by atoms with E-state index in [2.05, 4.69) is 52.0 Å². The van der Waals surface area contributed by atoms with Crippen LogP contribution in [0.4, 0.5) is 5.82 Å². The smallest absolute Gasteiger partial charge is 0.132 e. The molecule has 0 aliphatic rings. The molecule has 0 spiro atoms. The van der Waals surface area contributed by atoms with Gasteiger partial charge in [0, 0.05) is 25.6 Å². The number of hydrogen-bond acceptors (Lipinski definition) is 4. The highest BCUT2D eigenvalue weighted by atomic mass is 79.9. The molecule has 18 heavy (non-hydrogen) atoms. The van der Waals surface area contributed by atoms with E-state index in [0.717, 1.165) is 42.2 Å². The van der Waals surface area contributed by atoms with E-state index in [-0.39, 0.29) is 0 Å². The van der Waals surface area contributed by atoms with Gasteiger partial charge in [-0.3, -0.25) is 0 Å². The molecule has 0 saturated carbocycles. The van der Waals surface area contributed by atoms with Gasteiger partial charge in [-0.2, -0.15) is 0 Å². The fraction of sp³-hybridized carbons (Fsp3) is 0.692. The third-order valence-electron chi connectivity index (χ3n) is 2.22. The van der Waals surface area contributed by atoms with Crippen molar-refractivity contribution < 1.29 is 4.74 Å². The summed E-state index contributed by atoms with van der Waals surface area (Å²) in [4.78, 5) is 8.77. The topological polar surface area (TPSA) is 47.0 Å². The Kier molecular flexibility index (Phi) is 7.20. The lowest BCUT2D eigenvalue weighted by Gasteiger charge is -2.09. The van der Waals surface area contributed by atoms with Crippen LogP contribution in [0.5, 0.6) is 0 Å². The van der Waals surface area contributed by atoms with E-state index in [0.29, 0.717) is 12.5 Å². The first-order valence-electron chi connectivity index (χ1n) is 6.47. The van der Waals surface area contributed by atoms with Gasteiger partial charge in [0.15, 0.2) is 0 Å². The van der Waals surface area contributed by atoms with Crippen molar-refractivity contribution in [3.05, 3.63) is 16.5 Å². The zero-order chi connectivity index (χ0) is 13.4. The summed E-state index contributed by atoms with van der Waals surface area (Å²) in [7, 11) is 0. The summed E-state index contributed by atoms with van der Waals surface area (Å²) in [5, 5.41) is 3.25. The van der Waals surface area contributed by atoms with Crippen LogP contribution >= 0.6 is 15.9 Å².